The number of halogens is 6. The Hall–Kier alpha value is -3.82. The van der Waals surface area contributed by atoms with Crippen LogP contribution in [0.4, 0.5) is 26.3 Å². The molecule has 0 aliphatic rings. The molecule has 0 aliphatic carbocycles. The van der Waals surface area contributed by atoms with Crippen molar-refractivity contribution < 1.29 is 26.3 Å². The van der Waals surface area contributed by atoms with E-state index in [1.165, 1.54) is 24.3 Å². The number of alkyl halides is 6. The average molecular weight is 523 g/mol. The van der Waals surface area contributed by atoms with Crippen LogP contribution in [0, 0.1) is 0 Å². The maximum absolute atomic E-state index is 12.7. The summed E-state index contributed by atoms with van der Waals surface area (Å²) in [6.45, 7) is 5.75. The Morgan fingerprint density at radius 2 is 1.46 bits per heavy atom. The van der Waals surface area contributed by atoms with E-state index in [4.69, 9.17) is 11.5 Å². The van der Waals surface area contributed by atoms with Gasteiger partial charge in [-0.1, -0.05) is 45.0 Å². The Balaban J connectivity index is 0.000000261. The first-order valence-corrected chi connectivity index (χ1v) is 11.3. The van der Waals surface area contributed by atoms with Crippen molar-refractivity contribution in [3.8, 4) is 11.3 Å². The number of nitrogens with two attached hydrogens (primary N) is 2. The van der Waals surface area contributed by atoms with Crippen LogP contribution < -0.4 is 11.5 Å². The van der Waals surface area contributed by atoms with Crippen LogP contribution in [0.2, 0.25) is 0 Å². The minimum atomic E-state index is -4.37. The third-order valence-corrected chi connectivity index (χ3v) is 5.08. The second-order valence-electron chi connectivity index (χ2n) is 8.33. The van der Waals surface area contributed by atoms with E-state index in [0.717, 1.165) is 24.3 Å². The van der Waals surface area contributed by atoms with E-state index < -0.39 is 23.5 Å². The van der Waals surface area contributed by atoms with Crippen LogP contribution in [0.15, 0.2) is 78.6 Å². The van der Waals surface area contributed by atoms with E-state index in [0.29, 0.717) is 34.8 Å². The summed E-state index contributed by atoms with van der Waals surface area (Å²) in [5, 5.41) is 0. The molecule has 198 valence electrons. The SMILES string of the molecule is CC(C)c1nccc(-c2cccc(C(F)(F)F)c2)n1.CC/C(N)=C/C=C(\N)c1cccc(C(F)(F)F)c1. The first-order chi connectivity index (χ1) is 17.2. The number of benzene rings is 2. The maximum atomic E-state index is 12.7. The second-order valence-corrected chi connectivity index (χ2v) is 8.33. The molecule has 0 aliphatic heterocycles. The van der Waals surface area contributed by atoms with E-state index >= 15 is 0 Å². The van der Waals surface area contributed by atoms with E-state index in [-0.39, 0.29) is 11.6 Å². The third kappa shape index (κ3) is 8.96. The topological polar surface area (TPSA) is 77.8 Å². The zero-order chi connectivity index (χ0) is 27.8. The molecule has 1 aromatic heterocycles. The lowest BCUT2D eigenvalue weighted by molar-refractivity contribution is -0.138. The zero-order valence-electron chi connectivity index (χ0n) is 20.5. The van der Waals surface area contributed by atoms with E-state index in [1.54, 1.807) is 24.4 Å². The van der Waals surface area contributed by atoms with Gasteiger partial charge in [0.15, 0.2) is 0 Å². The zero-order valence-corrected chi connectivity index (χ0v) is 20.5. The van der Waals surface area contributed by atoms with Crippen LogP contribution >= 0.6 is 0 Å². The molecular formula is C27H28F6N4. The molecule has 3 aromatic rings. The fourth-order valence-corrected chi connectivity index (χ4v) is 2.95. The number of aromatic nitrogens is 2. The Morgan fingerprint density at radius 1 is 0.865 bits per heavy atom. The van der Waals surface area contributed by atoms with Crippen molar-refractivity contribution in [1.82, 2.24) is 9.97 Å². The number of hydrogen-bond donors (Lipinski definition) is 2. The minimum Gasteiger partial charge on any atom is -0.402 e. The summed E-state index contributed by atoms with van der Waals surface area (Å²) in [5.74, 6) is 0.751. The summed E-state index contributed by atoms with van der Waals surface area (Å²) in [6, 6.07) is 11.6. The lowest BCUT2D eigenvalue weighted by Crippen LogP contribution is -2.06. The van der Waals surface area contributed by atoms with Gasteiger partial charge in [0, 0.05) is 29.1 Å². The van der Waals surface area contributed by atoms with Crippen molar-refractivity contribution in [2.24, 2.45) is 11.5 Å². The number of hydrogen-bond acceptors (Lipinski definition) is 4. The van der Waals surface area contributed by atoms with Crippen LogP contribution in [-0.4, -0.2) is 9.97 Å². The normalized spacial score (nSPS) is 12.8. The smallest absolute Gasteiger partial charge is 0.402 e. The predicted octanol–water partition coefficient (Wildman–Crippen LogP) is 7.54. The van der Waals surface area contributed by atoms with Crippen LogP contribution in [0.5, 0.6) is 0 Å². The molecular weight excluding hydrogens is 494 g/mol. The van der Waals surface area contributed by atoms with E-state index in [2.05, 4.69) is 9.97 Å². The fourth-order valence-electron chi connectivity index (χ4n) is 2.95. The Kier molecular flexibility index (Phi) is 9.88. The molecule has 0 amide bonds. The second kappa shape index (κ2) is 12.4. The van der Waals surface area contributed by atoms with Gasteiger partial charge in [0.25, 0.3) is 0 Å². The third-order valence-electron chi connectivity index (χ3n) is 5.08. The molecule has 0 unspecified atom stereocenters. The molecule has 4 N–H and O–H groups in total. The standard InChI is InChI=1S/C14H13F3N2.C13H15F3N2/c1-9(2)13-18-7-6-12(19-13)10-4-3-5-11(8-10)14(15,16)17;1-2-11(17)6-7-12(18)9-4-3-5-10(8-9)13(14,15)16/h3-9H,1-2H3;3-8H,2,17-18H2,1H3/b;11-6-,12-7-. The summed E-state index contributed by atoms with van der Waals surface area (Å²) in [4.78, 5) is 8.39. The maximum Gasteiger partial charge on any atom is 0.416 e. The van der Waals surface area contributed by atoms with Gasteiger partial charge in [-0.15, -0.1) is 0 Å². The van der Waals surface area contributed by atoms with E-state index in [9.17, 15) is 26.3 Å². The molecule has 10 heteroatoms. The van der Waals surface area contributed by atoms with Crippen molar-refractivity contribution in [3.63, 3.8) is 0 Å². The molecule has 0 saturated carbocycles. The Morgan fingerprint density at radius 3 is 2.03 bits per heavy atom. The number of allylic oxidation sites excluding steroid dienone is 3. The van der Waals surface area contributed by atoms with Gasteiger partial charge in [-0.25, -0.2) is 9.97 Å². The van der Waals surface area contributed by atoms with E-state index in [1.807, 2.05) is 20.8 Å². The van der Waals surface area contributed by atoms with Crippen molar-refractivity contribution in [2.75, 3.05) is 0 Å². The summed E-state index contributed by atoms with van der Waals surface area (Å²) < 4.78 is 75.5. The molecule has 0 spiro atoms. The summed E-state index contributed by atoms with van der Waals surface area (Å²) in [5.41, 5.74) is 12.0. The van der Waals surface area contributed by atoms with Crippen LogP contribution in [-0.2, 0) is 12.4 Å². The highest BCUT2D eigenvalue weighted by atomic mass is 19.4. The quantitative estimate of drug-likeness (QED) is 0.268. The van der Waals surface area contributed by atoms with Gasteiger partial charge in [-0.2, -0.15) is 26.3 Å². The number of rotatable bonds is 5. The number of nitrogens with zero attached hydrogens (tertiary/aromatic N) is 2. The van der Waals surface area contributed by atoms with Gasteiger partial charge in [0.1, 0.15) is 5.82 Å². The van der Waals surface area contributed by atoms with Gasteiger partial charge in [-0.05, 0) is 54.5 Å². The highest BCUT2D eigenvalue weighted by molar-refractivity contribution is 5.65. The van der Waals surface area contributed by atoms with Gasteiger partial charge in [0.2, 0.25) is 0 Å². The van der Waals surface area contributed by atoms with Crippen LogP contribution in [0.25, 0.3) is 17.0 Å². The average Bonchev–Trinajstić information content (AvgIpc) is 2.86. The summed E-state index contributed by atoms with van der Waals surface area (Å²) in [7, 11) is 0. The highest BCUT2D eigenvalue weighted by Gasteiger charge is 2.31. The van der Waals surface area contributed by atoms with Gasteiger partial charge < -0.3 is 11.5 Å². The molecule has 37 heavy (non-hydrogen) atoms. The molecule has 1 heterocycles. The van der Waals surface area contributed by atoms with Crippen molar-refractivity contribution >= 4 is 5.70 Å². The molecule has 0 atom stereocenters. The van der Waals surface area contributed by atoms with Crippen molar-refractivity contribution in [2.45, 2.75) is 45.5 Å². The van der Waals surface area contributed by atoms with Gasteiger partial charge >= 0.3 is 12.4 Å². The molecule has 0 saturated heterocycles. The fraction of sp³-hybridized carbons (Fsp3) is 0.259. The first kappa shape index (κ1) is 29.4. The minimum absolute atomic E-state index is 0.130. The van der Waals surface area contributed by atoms with Gasteiger partial charge in [0.05, 0.1) is 16.8 Å². The van der Waals surface area contributed by atoms with Gasteiger partial charge in [-0.3, -0.25) is 0 Å². The summed E-state index contributed by atoms with van der Waals surface area (Å²) >= 11 is 0. The predicted molar refractivity (Wildman–Crippen MR) is 133 cm³/mol. The Bertz CT molecular complexity index is 1240. The lowest BCUT2D eigenvalue weighted by atomic mass is 10.1. The molecule has 0 radical (unpaired) electrons. The molecule has 0 fully saturated rings. The lowest BCUT2D eigenvalue weighted by Gasteiger charge is -2.09. The molecule has 3 rings (SSSR count). The molecule has 4 nitrogen and oxygen atoms in total. The first-order valence-electron chi connectivity index (χ1n) is 11.3. The van der Waals surface area contributed by atoms with Crippen LogP contribution in [0.3, 0.4) is 0 Å². The summed E-state index contributed by atoms with van der Waals surface area (Å²) in [6.07, 6.45) is -3.38. The Labute approximate surface area is 211 Å². The van der Waals surface area contributed by atoms with Crippen molar-refractivity contribution in [3.05, 3.63) is 101 Å². The highest BCUT2D eigenvalue weighted by Crippen LogP contribution is 2.32. The molecule has 2 aromatic carbocycles. The van der Waals surface area contributed by atoms with Crippen LogP contribution in [0.1, 0.15) is 55.6 Å². The van der Waals surface area contributed by atoms with Crippen molar-refractivity contribution in [1.29, 1.82) is 0 Å². The molecule has 0 bridgehead atoms. The monoisotopic (exact) mass is 522 g/mol. The largest absolute Gasteiger partial charge is 0.416 e.